The van der Waals surface area contributed by atoms with Gasteiger partial charge in [-0.15, -0.1) is 6.58 Å². The molecule has 0 bridgehead atoms. The van der Waals surface area contributed by atoms with Crippen LogP contribution < -0.4 is 28.7 Å². The maximum Gasteiger partial charge on any atom is 1.00 e. The van der Waals surface area contributed by atoms with Gasteiger partial charge in [0.25, 0.3) is 0 Å². The normalized spacial score (nSPS) is 8.69. The van der Waals surface area contributed by atoms with Crippen LogP contribution in [0, 0.1) is 0 Å². The molecule has 0 radical (unpaired) electrons. The number of rotatable bonds is 3. The molecule has 3 heteroatoms. The molecule has 0 aliphatic carbocycles. The minimum Gasteiger partial charge on any atom is -0.870 e. The van der Waals surface area contributed by atoms with Crippen LogP contribution in [0.2, 0.25) is 0 Å². The second kappa shape index (κ2) is 5.74. The first-order valence-corrected chi connectivity index (χ1v) is 3.72. The Kier molecular flexibility index (Phi) is 5.37. The van der Waals surface area contributed by atoms with Crippen LogP contribution in [0.4, 0.5) is 0 Å². The zero-order valence-corrected chi connectivity index (χ0v) is 8.04. The Morgan fingerprint density at radius 2 is 2.23 bits per heavy atom. The summed E-state index contributed by atoms with van der Waals surface area (Å²) in [7, 11) is 1.49. The molecule has 0 fully saturated rings. The molecule has 0 N–H and O–H groups in total. The van der Waals surface area contributed by atoms with Gasteiger partial charge in [0.1, 0.15) is 5.75 Å². The Labute approximate surface area is 90.4 Å². The summed E-state index contributed by atoms with van der Waals surface area (Å²) >= 11 is 0. The van der Waals surface area contributed by atoms with Gasteiger partial charge in [0.2, 0.25) is 0 Å². The smallest absolute Gasteiger partial charge is 0.870 e. The first-order valence-electron chi connectivity index (χ1n) is 3.72. The molecule has 2 nitrogen and oxygen atoms in total. The predicted octanol–water partition coefficient (Wildman–Crippen LogP) is -1.50. The summed E-state index contributed by atoms with van der Waals surface area (Å²) in [4.78, 5) is 0. The molecule has 1 rings (SSSR count). The van der Waals surface area contributed by atoms with Crippen LogP contribution in [0.1, 0.15) is 5.56 Å². The third kappa shape index (κ3) is 3.18. The fourth-order valence-electron chi connectivity index (χ4n) is 1.01. The van der Waals surface area contributed by atoms with Crippen molar-refractivity contribution in [1.29, 1.82) is 0 Å². The van der Waals surface area contributed by atoms with E-state index in [1.807, 2.05) is 0 Å². The summed E-state index contributed by atoms with van der Waals surface area (Å²) < 4.78 is 4.89. The number of methoxy groups -OCH3 is 1. The van der Waals surface area contributed by atoms with Crippen molar-refractivity contribution in [3.05, 3.63) is 36.4 Å². The molecule has 0 aliphatic rings. The van der Waals surface area contributed by atoms with Crippen LogP contribution >= 0.6 is 0 Å². The number of allylic oxidation sites excluding steroid dienone is 1. The van der Waals surface area contributed by atoms with Gasteiger partial charge in [-0.2, -0.15) is 0 Å². The minimum atomic E-state index is -0.0784. The van der Waals surface area contributed by atoms with E-state index < -0.39 is 0 Å². The van der Waals surface area contributed by atoms with E-state index >= 15 is 0 Å². The van der Waals surface area contributed by atoms with Crippen LogP contribution in [-0.2, 0) is 6.42 Å². The molecule has 1 aromatic rings. The molecule has 0 heterocycles. The third-order valence-electron chi connectivity index (χ3n) is 1.61. The van der Waals surface area contributed by atoms with Crippen molar-refractivity contribution in [2.24, 2.45) is 0 Å². The topological polar surface area (TPSA) is 32.3 Å². The van der Waals surface area contributed by atoms with Crippen molar-refractivity contribution >= 4 is 0 Å². The molecule has 0 atom stereocenters. The third-order valence-corrected chi connectivity index (χ3v) is 1.61. The first kappa shape index (κ1) is 12.2. The molecule has 64 valence electrons. The van der Waals surface area contributed by atoms with Gasteiger partial charge in [0.05, 0.1) is 7.11 Å². The van der Waals surface area contributed by atoms with Gasteiger partial charge in [0, 0.05) is 0 Å². The van der Waals surface area contributed by atoms with Crippen molar-refractivity contribution in [2.45, 2.75) is 6.42 Å². The van der Waals surface area contributed by atoms with Crippen LogP contribution in [0.25, 0.3) is 0 Å². The van der Waals surface area contributed by atoms with Gasteiger partial charge in [-0.25, -0.2) is 0 Å². The van der Waals surface area contributed by atoms with E-state index in [2.05, 4.69) is 6.58 Å². The summed E-state index contributed by atoms with van der Waals surface area (Å²) in [5.74, 6) is 0.319. The molecular formula is C10H11LiO2. The Morgan fingerprint density at radius 3 is 2.77 bits per heavy atom. The molecule has 0 aliphatic heterocycles. The Balaban J connectivity index is 0.00000144. The number of hydrogen-bond acceptors (Lipinski definition) is 2. The fraction of sp³-hybridized carbons (Fsp3) is 0.200. The van der Waals surface area contributed by atoms with E-state index in [9.17, 15) is 5.11 Å². The van der Waals surface area contributed by atoms with Crippen molar-refractivity contribution in [3.8, 4) is 11.5 Å². The van der Waals surface area contributed by atoms with Crippen LogP contribution in [-0.4, -0.2) is 7.11 Å². The fourth-order valence-corrected chi connectivity index (χ4v) is 1.01. The van der Waals surface area contributed by atoms with Crippen molar-refractivity contribution < 1.29 is 28.7 Å². The molecule has 0 unspecified atom stereocenters. The van der Waals surface area contributed by atoms with E-state index in [-0.39, 0.29) is 24.6 Å². The van der Waals surface area contributed by atoms with Gasteiger partial charge in [0.15, 0.2) is 0 Å². The van der Waals surface area contributed by atoms with E-state index in [4.69, 9.17) is 4.74 Å². The van der Waals surface area contributed by atoms with Crippen molar-refractivity contribution in [2.75, 3.05) is 7.11 Å². The number of ether oxygens (including phenoxy) is 1. The summed E-state index contributed by atoms with van der Waals surface area (Å²) in [5, 5.41) is 11.1. The molecule has 0 saturated heterocycles. The molecule has 0 saturated carbocycles. The van der Waals surface area contributed by atoms with E-state index in [1.165, 1.54) is 13.2 Å². The average Bonchev–Trinajstić information content (AvgIpc) is 2.09. The number of hydrogen-bond donors (Lipinski definition) is 0. The van der Waals surface area contributed by atoms with Crippen molar-refractivity contribution in [3.63, 3.8) is 0 Å². The van der Waals surface area contributed by atoms with Crippen LogP contribution in [0.3, 0.4) is 0 Å². The summed E-state index contributed by atoms with van der Waals surface area (Å²) in [6.07, 6.45) is 2.55. The van der Waals surface area contributed by atoms with E-state index in [0.29, 0.717) is 5.75 Å². The van der Waals surface area contributed by atoms with Gasteiger partial charge in [-0.05, 0) is 18.1 Å². The second-order valence-corrected chi connectivity index (χ2v) is 2.48. The molecule has 0 spiro atoms. The van der Waals surface area contributed by atoms with Gasteiger partial charge in [-0.3, -0.25) is 0 Å². The predicted molar refractivity (Wildman–Crippen MR) is 46.3 cm³/mol. The molecule has 1 aromatic carbocycles. The average molecular weight is 170 g/mol. The molecule has 13 heavy (non-hydrogen) atoms. The van der Waals surface area contributed by atoms with E-state index in [1.54, 1.807) is 18.2 Å². The van der Waals surface area contributed by atoms with E-state index in [0.717, 1.165) is 12.0 Å². The summed E-state index contributed by atoms with van der Waals surface area (Å²) in [6.45, 7) is 3.61. The molecule has 0 amide bonds. The zero-order valence-electron chi connectivity index (χ0n) is 8.04. The second-order valence-electron chi connectivity index (χ2n) is 2.48. The maximum absolute atomic E-state index is 11.1. The SMILES string of the molecule is C=CCc1ccc([O-])c(OC)c1.[Li+]. The standard InChI is InChI=1S/C10H12O2.Li/c1-3-4-8-5-6-9(11)10(7-8)12-2;/h3,5-7,11H,1,4H2,2H3;/q;+1/p-1. The zero-order chi connectivity index (χ0) is 8.97. The Hall–Kier alpha value is -0.843. The minimum absolute atomic E-state index is 0. The van der Waals surface area contributed by atoms with Gasteiger partial charge in [-0.1, -0.05) is 24.0 Å². The largest absolute Gasteiger partial charge is 1.00 e. The first-order chi connectivity index (χ1) is 5.77. The summed E-state index contributed by atoms with van der Waals surface area (Å²) in [6, 6.07) is 5.04. The van der Waals surface area contributed by atoms with Gasteiger partial charge >= 0.3 is 18.9 Å². The maximum atomic E-state index is 11.1. The Morgan fingerprint density at radius 1 is 1.54 bits per heavy atom. The molecule has 0 aromatic heterocycles. The van der Waals surface area contributed by atoms with Crippen LogP contribution in [0.15, 0.2) is 30.9 Å². The Bertz CT molecular complexity index is 284. The van der Waals surface area contributed by atoms with Crippen LogP contribution in [0.5, 0.6) is 11.5 Å². The summed E-state index contributed by atoms with van der Waals surface area (Å²) in [5.41, 5.74) is 1.04. The monoisotopic (exact) mass is 170 g/mol. The quantitative estimate of drug-likeness (QED) is 0.408. The van der Waals surface area contributed by atoms with Gasteiger partial charge < -0.3 is 9.84 Å². The van der Waals surface area contributed by atoms with Crippen molar-refractivity contribution in [1.82, 2.24) is 0 Å². The molecular weight excluding hydrogens is 159 g/mol. The number of benzene rings is 1.